The molecule has 18 heavy (non-hydrogen) atoms. The highest BCUT2D eigenvalue weighted by Gasteiger charge is 1.94. The van der Waals surface area contributed by atoms with Crippen LogP contribution in [0.3, 0.4) is 0 Å². The number of ether oxygens (including phenoxy) is 2. The molecule has 1 aromatic rings. The molecule has 0 unspecified atom stereocenters. The molecule has 0 radical (unpaired) electrons. The molecule has 2 N–H and O–H groups in total. The molecule has 1 rings (SSSR count). The van der Waals surface area contributed by atoms with Gasteiger partial charge in [-0.05, 0) is 37.2 Å². The van der Waals surface area contributed by atoms with E-state index in [1.807, 2.05) is 24.3 Å². The van der Waals surface area contributed by atoms with Gasteiger partial charge in [0.2, 0.25) is 0 Å². The molecule has 0 atom stereocenters. The fourth-order valence-corrected chi connectivity index (χ4v) is 1.21. The molecule has 0 aromatic heterocycles. The van der Waals surface area contributed by atoms with E-state index >= 15 is 0 Å². The highest BCUT2D eigenvalue weighted by atomic mass is 16.5. The Balaban J connectivity index is 0.000000873. The number of benzene rings is 1. The number of hydrogen-bond acceptors (Lipinski definition) is 4. The lowest BCUT2D eigenvalue weighted by Crippen LogP contribution is -2.21. The van der Waals surface area contributed by atoms with Crippen LogP contribution in [0.25, 0.3) is 0 Å². The average molecular weight is 255 g/mol. The van der Waals surface area contributed by atoms with Crippen molar-refractivity contribution in [2.75, 3.05) is 26.8 Å². The molecule has 0 aliphatic heterocycles. The lowest BCUT2D eigenvalue weighted by molar-refractivity contribution is -0.122. The summed E-state index contributed by atoms with van der Waals surface area (Å²) in [5.41, 5.74) is 0. The van der Waals surface area contributed by atoms with Gasteiger partial charge in [-0.25, -0.2) is 0 Å². The zero-order valence-electron chi connectivity index (χ0n) is 10.9. The van der Waals surface area contributed by atoms with E-state index in [4.69, 9.17) is 19.4 Å². The van der Waals surface area contributed by atoms with Crippen LogP contribution < -0.4 is 14.8 Å². The Morgan fingerprint density at radius 2 is 1.78 bits per heavy atom. The molecule has 102 valence electrons. The van der Waals surface area contributed by atoms with E-state index in [1.54, 1.807) is 7.11 Å². The highest BCUT2D eigenvalue weighted by molar-refractivity contribution is 5.32. The van der Waals surface area contributed by atoms with E-state index in [9.17, 15) is 0 Å². The summed E-state index contributed by atoms with van der Waals surface area (Å²) in [7, 11) is 1.66. The van der Waals surface area contributed by atoms with Crippen LogP contribution in [0.15, 0.2) is 24.3 Å². The second-order valence-corrected chi connectivity index (χ2v) is 3.38. The Bertz CT molecular complexity index is 300. The van der Waals surface area contributed by atoms with Gasteiger partial charge in [0.15, 0.2) is 0 Å². The van der Waals surface area contributed by atoms with Gasteiger partial charge in [-0.15, -0.1) is 0 Å². The van der Waals surface area contributed by atoms with E-state index in [0.717, 1.165) is 31.0 Å². The zero-order valence-corrected chi connectivity index (χ0v) is 10.9. The monoisotopic (exact) mass is 255 g/mol. The van der Waals surface area contributed by atoms with Crippen LogP contribution >= 0.6 is 0 Å². The third-order valence-corrected chi connectivity index (χ3v) is 2.03. The molecule has 0 fully saturated rings. The van der Waals surface area contributed by atoms with E-state index in [1.165, 1.54) is 0 Å². The van der Waals surface area contributed by atoms with Crippen molar-refractivity contribution in [3.63, 3.8) is 0 Å². The second kappa shape index (κ2) is 11.7. The van der Waals surface area contributed by atoms with Crippen LogP contribution in [-0.4, -0.2) is 38.4 Å². The molecule has 0 bridgehead atoms. The van der Waals surface area contributed by atoms with E-state index in [2.05, 4.69) is 12.2 Å². The van der Waals surface area contributed by atoms with E-state index in [0.29, 0.717) is 6.61 Å². The Morgan fingerprint density at radius 1 is 1.22 bits per heavy atom. The van der Waals surface area contributed by atoms with Gasteiger partial charge in [0.05, 0.1) is 7.11 Å². The Hall–Kier alpha value is -1.75. The van der Waals surface area contributed by atoms with Crippen molar-refractivity contribution in [3.8, 4) is 11.5 Å². The van der Waals surface area contributed by atoms with Crippen molar-refractivity contribution in [3.05, 3.63) is 24.3 Å². The first-order chi connectivity index (χ1) is 8.78. The maximum Gasteiger partial charge on any atom is 0.290 e. The van der Waals surface area contributed by atoms with E-state index < -0.39 is 0 Å². The standard InChI is InChI=1S/C12H19NO2.CH2O2/c1-3-8-13-9-10-15-12-6-4-11(14-2)5-7-12;2-1-3/h4-7,13H,3,8-10H2,1-2H3;1H,(H,2,3). The number of methoxy groups -OCH3 is 1. The summed E-state index contributed by atoms with van der Waals surface area (Å²) in [4.78, 5) is 8.36. The van der Waals surface area contributed by atoms with E-state index in [-0.39, 0.29) is 6.47 Å². The largest absolute Gasteiger partial charge is 0.497 e. The van der Waals surface area contributed by atoms with Crippen LogP contribution in [0.2, 0.25) is 0 Å². The summed E-state index contributed by atoms with van der Waals surface area (Å²) in [6.07, 6.45) is 1.16. The minimum absolute atomic E-state index is 0.250. The van der Waals surface area contributed by atoms with Crippen molar-refractivity contribution in [2.24, 2.45) is 0 Å². The highest BCUT2D eigenvalue weighted by Crippen LogP contribution is 2.16. The van der Waals surface area contributed by atoms with Crippen LogP contribution in [-0.2, 0) is 4.79 Å². The molecular weight excluding hydrogens is 234 g/mol. The summed E-state index contributed by atoms with van der Waals surface area (Å²) in [6, 6.07) is 7.63. The van der Waals surface area contributed by atoms with Crippen LogP contribution in [0, 0.1) is 0 Å². The summed E-state index contributed by atoms with van der Waals surface area (Å²) < 4.78 is 10.6. The number of nitrogens with one attached hydrogen (secondary N) is 1. The molecule has 5 heteroatoms. The number of hydrogen-bond donors (Lipinski definition) is 2. The lowest BCUT2D eigenvalue weighted by Gasteiger charge is -2.07. The molecule has 1 aromatic carbocycles. The molecule has 0 aliphatic carbocycles. The molecule has 5 nitrogen and oxygen atoms in total. The SMILES string of the molecule is CCCNCCOc1ccc(OC)cc1.O=CO. The fourth-order valence-electron chi connectivity index (χ4n) is 1.21. The van der Waals surface area contributed by atoms with Gasteiger partial charge in [0.25, 0.3) is 6.47 Å². The van der Waals surface area contributed by atoms with Crippen LogP contribution in [0.4, 0.5) is 0 Å². The summed E-state index contributed by atoms with van der Waals surface area (Å²) in [5.74, 6) is 1.74. The lowest BCUT2D eigenvalue weighted by atomic mass is 10.3. The Kier molecular flexibility index (Phi) is 10.6. The maximum atomic E-state index is 8.36. The minimum Gasteiger partial charge on any atom is -0.497 e. The van der Waals surface area contributed by atoms with Crippen molar-refractivity contribution in [2.45, 2.75) is 13.3 Å². The first-order valence-corrected chi connectivity index (χ1v) is 5.83. The van der Waals surface area contributed by atoms with Crippen LogP contribution in [0.1, 0.15) is 13.3 Å². The second-order valence-electron chi connectivity index (χ2n) is 3.38. The maximum absolute atomic E-state index is 8.36. The first kappa shape index (κ1) is 16.2. The minimum atomic E-state index is -0.250. The number of carboxylic acid groups (broad SMARTS) is 1. The predicted octanol–water partition coefficient (Wildman–Crippen LogP) is 1.77. The van der Waals surface area contributed by atoms with Gasteiger partial charge < -0.3 is 19.9 Å². The topological polar surface area (TPSA) is 67.8 Å². The van der Waals surface area contributed by atoms with Gasteiger partial charge in [-0.2, -0.15) is 0 Å². The van der Waals surface area contributed by atoms with Crippen molar-refractivity contribution in [1.82, 2.24) is 5.32 Å². The van der Waals surface area contributed by atoms with Gasteiger partial charge in [-0.1, -0.05) is 6.92 Å². The number of rotatable bonds is 7. The van der Waals surface area contributed by atoms with Crippen molar-refractivity contribution < 1.29 is 19.4 Å². The smallest absolute Gasteiger partial charge is 0.290 e. The first-order valence-electron chi connectivity index (χ1n) is 5.83. The van der Waals surface area contributed by atoms with Gasteiger partial charge >= 0.3 is 0 Å². The van der Waals surface area contributed by atoms with Gasteiger partial charge in [-0.3, -0.25) is 4.79 Å². The third kappa shape index (κ3) is 8.41. The van der Waals surface area contributed by atoms with Crippen LogP contribution in [0.5, 0.6) is 11.5 Å². The molecule has 0 saturated carbocycles. The molecule has 0 spiro atoms. The molecular formula is C13H21NO4. The quantitative estimate of drug-likeness (QED) is 0.574. The Morgan fingerprint density at radius 3 is 2.28 bits per heavy atom. The molecule has 0 heterocycles. The molecule has 0 aliphatic rings. The zero-order chi connectivity index (χ0) is 13.6. The summed E-state index contributed by atoms with van der Waals surface area (Å²) in [6.45, 7) is 4.54. The normalized spacial score (nSPS) is 9.00. The average Bonchev–Trinajstić information content (AvgIpc) is 2.40. The molecule has 0 amide bonds. The number of carbonyl (C=O) groups is 1. The van der Waals surface area contributed by atoms with Gasteiger partial charge in [0, 0.05) is 6.54 Å². The third-order valence-electron chi connectivity index (χ3n) is 2.03. The molecule has 0 saturated heterocycles. The van der Waals surface area contributed by atoms with Gasteiger partial charge in [0.1, 0.15) is 18.1 Å². The fraction of sp³-hybridized carbons (Fsp3) is 0.462. The summed E-state index contributed by atoms with van der Waals surface area (Å²) in [5, 5.41) is 10.2. The summed E-state index contributed by atoms with van der Waals surface area (Å²) >= 11 is 0. The predicted molar refractivity (Wildman–Crippen MR) is 70.3 cm³/mol. The van der Waals surface area contributed by atoms with Crippen molar-refractivity contribution >= 4 is 6.47 Å². The Labute approximate surface area is 108 Å². The van der Waals surface area contributed by atoms with Crippen molar-refractivity contribution in [1.29, 1.82) is 0 Å².